The Kier molecular flexibility index (Phi) is 4.95. The van der Waals surface area contributed by atoms with Gasteiger partial charge in [-0.05, 0) is 30.5 Å². The molecule has 1 aliphatic heterocycles. The highest BCUT2D eigenvalue weighted by molar-refractivity contribution is 7.13. The first-order chi connectivity index (χ1) is 13.5. The van der Waals surface area contributed by atoms with Crippen molar-refractivity contribution in [3.05, 3.63) is 58.3 Å². The number of thiazole rings is 1. The van der Waals surface area contributed by atoms with E-state index in [2.05, 4.69) is 10.1 Å². The van der Waals surface area contributed by atoms with Gasteiger partial charge in [-0.15, -0.1) is 11.3 Å². The molecule has 3 heterocycles. The first kappa shape index (κ1) is 18.4. The highest BCUT2D eigenvalue weighted by atomic mass is 32.1. The van der Waals surface area contributed by atoms with Crippen LogP contribution in [0.3, 0.4) is 0 Å². The maximum atomic E-state index is 13.1. The quantitative estimate of drug-likeness (QED) is 0.731. The number of aromatic carboxylic acids is 1. The summed E-state index contributed by atoms with van der Waals surface area (Å²) in [4.78, 5) is 30.5. The van der Waals surface area contributed by atoms with Crippen LogP contribution >= 0.6 is 11.3 Å². The Labute approximate surface area is 166 Å². The van der Waals surface area contributed by atoms with E-state index in [1.54, 1.807) is 10.9 Å². The number of rotatable bonds is 4. The van der Waals surface area contributed by atoms with Crippen LogP contribution in [0.4, 0.5) is 0 Å². The number of carboxylic acid groups (broad SMARTS) is 1. The largest absolute Gasteiger partial charge is 0.477 e. The molecule has 1 atom stereocenters. The van der Waals surface area contributed by atoms with Gasteiger partial charge in [0.25, 0.3) is 5.91 Å². The van der Waals surface area contributed by atoms with Crippen LogP contribution in [0.15, 0.2) is 42.9 Å². The highest BCUT2D eigenvalue weighted by Gasteiger charge is 2.28. The molecule has 0 aliphatic carbocycles. The number of carbonyl (C=O) groups excluding carboxylic acids is 1. The fraction of sp³-hybridized carbons (Fsp3) is 0.300. The summed E-state index contributed by atoms with van der Waals surface area (Å²) >= 11 is 1.20. The van der Waals surface area contributed by atoms with Crippen LogP contribution in [0.25, 0.3) is 11.1 Å². The van der Waals surface area contributed by atoms with E-state index in [0.29, 0.717) is 18.7 Å². The molecule has 7 nitrogen and oxygen atoms in total. The monoisotopic (exact) mass is 396 g/mol. The summed E-state index contributed by atoms with van der Waals surface area (Å²) < 4.78 is 1.73. The van der Waals surface area contributed by atoms with Gasteiger partial charge < -0.3 is 10.0 Å². The normalized spacial score (nSPS) is 16.9. The summed E-state index contributed by atoms with van der Waals surface area (Å²) in [7, 11) is 1.86. The number of likely N-dealkylation sites (tertiary alicyclic amines) is 1. The molecule has 1 aliphatic rings. The van der Waals surface area contributed by atoms with E-state index in [1.807, 2.05) is 42.4 Å². The molecule has 0 spiro atoms. The molecule has 144 valence electrons. The number of hydrogen-bond acceptors (Lipinski definition) is 5. The summed E-state index contributed by atoms with van der Waals surface area (Å²) in [6, 6.07) is 7.58. The second-order valence-electron chi connectivity index (χ2n) is 6.94. The summed E-state index contributed by atoms with van der Waals surface area (Å²) in [6.07, 6.45) is 6.89. The third-order valence-corrected chi connectivity index (χ3v) is 6.09. The molecular weight excluding hydrogens is 376 g/mol. The molecule has 4 rings (SSSR count). The lowest BCUT2D eigenvalue weighted by Gasteiger charge is -2.32. The smallest absolute Gasteiger partial charge is 0.347 e. The van der Waals surface area contributed by atoms with Crippen LogP contribution in [-0.4, -0.2) is 49.7 Å². The van der Waals surface area contributed by atoms with Gasteiger partial charge in [-0.1, -0.05) is 12.1 Å². The number of carboxylic acids is 1. The average molecular weight is 396 g/mol. The van der Waals surface area contributed by atoms with Crippen molar-refractivity contribution in [2.45, 2.75) is 18.8 Å². The van der Waals surface area contributed by atoms with Crippen LogP contribution in [0.2, 0.25) is 0 Å². The summed E-state index contributed by atoms with van der Waals surface area (Å²) in [5.41, 5.74) is 2.57. The zero-order valence-corrected chi connectivity index (χ0v) is 16.2. The molecule has 0 radical (unpaired) electrons. The summed E-state index contributed by atoms with van der Waals surface area (Å²) in [6.45, 7) is 1.26. The minimum Gasteiger partial charge on any atom is -0.477 e. The second kappa shape index (κ2) is 7.55. The minimum atomic E-state index is -0.959. The van der Waals surface area contributed by atoms with E-state index in [0.717, 1.165) is 29.0 Å². The van der Waals surface area contributed by atoms with E-state index in [9.17, 15) is 9.59 Å². The molecule has 3 aromatic rings. The number of nitrogens with zero attached hydrogens (tertiary/aromatic N) is 4. The van der Waals surface area contributed by atoms with E-state index in [1.165, 1.54) is 17.5 Å². The molecule has 1 fully saturated rings. The summed E-state index contributed by atoms with van der Waals surface area (Å²) in [5, 5.41) is 14.1. The number of hydrogen-bond donors (Lipinski definition) is 1. The van der Waals surface area contributed by atoms with Crippen molar-refractivity contribution in [2.24, 2.45) is 7.05 Å². The average Bonchev–Trinajstić information content (AvgIpc) is 3.37. The van der Waals surface area contributed by atoms with Gasteiger partial charge in [-0.25, -0.2) is 9.78 Å². The van der Waals surface area contributed by atoms with Gasteiger partial charge in [-0.2, -0.15) is 5.10 Å². The van der Waals surface area contributed by atoms with Gasteiger partial charge >= 0.3 is 5.97 Å². The predicted octanol–water partition coefficient (Wildman–Crippen LogP) is 3.26. The van der Waals surface area contributed by atoms with E-state index in [4.69, 9.17) is 5.11 Å². The van der Waals surface area contributed by atoms with E-state index in [-0.39, 0.29) is 16.7 Å². The maximum absolute atomic E-state index is 13.1. The Hall–Kier alpha value is -3.00. The standard InChI is InChI=1S/C20H20N4O3S/c1-23-11-16(9-22-23)13-4-2-5-14(8-13)19(25)24-7-3-6-15(12-24)18-21-10-17(28-18)20(26)27/h2,4-5,8-11,15H,3,6-7,12H2,1H3,(H,26,27). The third-order valence-electron chi connectivity index (χ3n) is 4.94. The molecule has 1 aromatic carbocycles. The molecule has 0 saturated carbocycles. The number of amides is 1. The van der Waals surface area contributed by atoms with Gasteiger partial charge in [0.15, 0.2) is 0 Å². The molecule has 1 N–H and O–H groups in total. The Morgan fingerprint density at radius 3 is 2.82 bits per heavy atom. The van der Waals surface area contributed by atoms with Gasteiger partial charge in [0.1, 0.15) is 4.88 Å². The number of piperidine rings is 1. The predicted molar refractivity (Wildman–Crippen MR) is 106 cm³/mol. The van der Waals surface area contributed by atoms with Crippen LogP contribution in [-0.2, 0) is 7.05 Å². The third kappa shape index (κ3) is 3.68. The summed E-state index contributed by atoms with van der Waals surface area (Å²) in [5.74, 6) is -0.887. The first-order valence-corrected chi connectivity index (χ1v) is 9.90. The van der Waals surface area contributed by atoms with Crippen molar-refractivity contribution in [3.63, 3.8) is 0 Å². The lowest BCUT2D eigenvalue weighted by Crippen LogP contribution is -2.39. The highest BCUT2D eigenvalue weighted by Crippen LogP contribution is 2.31. The molecular formula is C20H20N4O3S. The Morgan fingerprint density at radius 2 is 2.11 bits per heavy atom. The number of carbonyl (C=O) groups is 2. The Bertz CT molecular complexity index is 1030. The van der Waals surface area contributed by atoms with Gasteiger partial charge in [0, 0.05) is 43.4 Å². The Balaban J connectivity index is 1.52. The van der Waals surface area contributed by atoms with E-state index < -0.39 is 5.97 Å². The molecule has 0 bridgehead atoms. The SMILES string of the molecule is Cn1cc(-c2cccc(C(=O)N3CCCC(c4ncc(C(=O)O)s4)C3)c2)cn1. The molecule has 8 heteroatoms. The van der Waals surface area contributed by atoms with Gasteiger partial charge in [0.2, 0.25) is 0 Å². The zero-order chi connectivity index (χ0) is 19.7. The van der Waals surface area contributed by atoms with Crippen molar-refractivity contribution >= 4 is 23.2 Å². The first-order valence-electron chi connectivity index (χ1n) is 9.08. The van der Waals surface area contributed by atoms with Gasteiger partial charge in [-0.3, -0.25) is 9.48 Å². The number of aryl methyl sites for hydroxylation is 1. The van der Waals surface area contributed by atoms with Crippen LogP contribution in [0.5, 0.6) is 0 Å². The second-order valence-corrected chi connectivity index (χ2v) is 8.00. The van der Waals surface area contributed by atoms with Crippen LogP contribution in [0, 0.1) is 0 Å². The maximum Gasteiger partial charge on any atom is 0.347 e. The molecule has 2 aromatic heterocycles. The Morgan fingerprint density at radius 1 is 1.25 bits per heavy atom. The fourth-order valence-corrected chi connectivity index (χ4v) is 4.41. The molecule has 28 heavy (non-hydrogen) atoms. The number of aromatic nitrogens is 3. The van der Waals surface area contributed by atoms with E-state index >= 15 is 0 Å². The van der Waals surface area contributed by atoms with Crippen LogP contribution in [0.1, 0.15) is 43.8 Å². The van der Waals surface area contributed by atoms with Crippen molar-refractivity contribution in [2.75, 3.05) is 13.1 Å². The fourth-order valence-electron chi connectivity index (χ4n) is 3.52. The lowest BCUT2D eigenvalue weighted by atomic mass is 9.97. The van der Waals surface area contributed by atoms with Crippen molar-refractivity contribution in [1.82, 2.24) is 19.7 Å². The van der Waals surface area contributed by atoms with Gasteiger partial charge in [0.05, 0.1) is 17.4 Å². The molecule has 1 amide bonds. The minimum absolute atomic E-state index is 0.00884. The van der Waals surface area contributed by atoms with Crippen molar-refractivity contribution in [1.29, 1.82) is 0 Å². The number of benzene rings is 1. The lowest BCUT2D eigenvalue weighted by molar-refractivity contribution is 0.0695. The molecule has 1 saturated heterocycles. The zero-order valence-electron chi connectivity index (χ0n) is 15.4. The molecule has 1 unspecified atom stereocenters. The van der Waals surface area contributed by atoms with Crippen molar-refractivity contribution in [3.8, 4) is 11.1 Å². The van der Waals surface area contributed by atoms with Crippen molar-refractivity contribution < 1.29 is 14.7 Å². The topological polar surface area (TPSA) is 88.3 Å². The van der Waals surface area contributed by atoms with Crippen LogP contribution < -0.4 is 0 Å².